The molecule has 1 amide bonds. The first-order valence-electron chi connectivity index (χ1n) is 9.27. The van der Waals surface area contributed by atoms with E-state index in [-0.39, 0.29) is 31.5 Å². The molecule has 0 saturated carbocycles. The van der Waals surface area contributed by atoms with Gasteiger partial charge < -0.3 is 19.7 Å². The first kappa shape index (κ1) is 21.0. The van der Waals surface area contributed by atoms with Gasteiger partial charge >= 0.3 is 0 Å². The Hall–Kier alpha value is -2.68. The molecule has 154 valence electrons. The number of nitro groups is 1. The number of non-ortho nitro benzene ring substituents is 1. The number of quaternary nitrogens is 1. The maximum Gasteiger partial charge on any atom is 0.279 e. The molecule has 1 aliphatic heterocycles. The Labute approximate surface area is 173 Å². The number of nitrogens with zero attached hydrogens (tertiary/aromatic N) is 1. The number of amides is 1. The van der Waals surface area contributed by atoms with Crippen molar-refractivity contribution < 1.29 is 24.1 Å². The Bertz CT molecular complexity index is 935. The predicted octanol–water partition coefficient (Wildman–Crippen LogP) is 2.47. The fourth-order valence-electron chi connectivity index (χ4n) is 3.25. The van der Waals surface area contributed by atoms with Gasteiger partial charge in [-0.15, -0.1) is 0 Å². The smallest absolute Gasteiger partial charge is 0.279 e. The van der Waals surface area contributed by atoms with Gasteiger partial charge in [0.1, 0.15) is 12.3 Å². The molecule has 1 aliphatic rings. The number of fused-ring (bicyclic) bond motifs is 1. The molecule has 1 unspecified atom stereocenters. The molecule has 9 heteroatoms. The normalized spacial score (nSPS) is 13.9. The van der Waals surface area contributed by atoms with E-state index in [0.717, 1.165) is 10.5 Å². The Morgan fingerprint density at radius 2 is 2.14 bits per heavy atom. The van der Waals surface area contributed by atoms with Crippen LogP contribution in [0.25, 0.3) is 0 Å². The Morgan fingerprint density at radius 3 is 2.86 bits per heavy atom. The number of hydrogen-bond acceptors (Lipinski definition) is 5. The monoisotopic (exact) mass is 420 g/mol. The molecule has 8 nitrogen and oxygen atoms in total. The average Bonchev–Trinajstić information content (AvgIpc) is 2.70. The minimum absolute atomic E-state index is 0.0118. The van der Waals surface area contributed by atoms with E-state index in [1.54, 1.807) is 12.1 Å². The molecule has 2 N–H and O–H groups in total. The summed E-state index contributed by atoms with van der Waals surface area (Å²) >= 11 is 6.01. The molecule has 0 bridgehead atoms. The second-order valence-corrected chi connectivity index (χ2v) is 7.36. The minimum Gasteiger partial charge on any atom is -0.467 e. The lowest BCUT2D eigenvalue weighted by molar-refractivity contribution is -0.903. The van der Waals surface area contributed by atoms with Crippen molar-refractivity contribution in [1.82, 2.24) is 0 Å². The number of carbonyl (C=O) groups is 1. The van der Waals surface area contributed by atoms with Crippen LogP contribution in [-0.4, -0.2) is 30.7 Å². The van der Waals surface area contributed by atoms with E-state index in [2.05, 4.69) is 5.32 Å². The van der Waals surface area contributed by atoms with Crippen LogP contribution < -0.4 is 15.0 Å². The third kappa shape index (κ3) is 5.23. The zero-order chi connectivity index (χ0) is 21.0. The maximum absolute atomic E-state index is 12.6. The van der Waals surface area contributed by atoms with E-state index in [4.69, 9.17) is 21.1 Å². The summed E-state index contributed by atoms with van der Waals surface area (Å²) in [5, 5.41) is 14.7. The molecule has 1 heterocycles. The zero-order valence-corrected chi connectivity index (χ0v) is 17.0. The molecule has 0 saturated heterocycles. The number of hydrogen-bond donors (Lipinski definition) is 2. The van der Waals surface area contributed by atoms with Crippen molar-refractivity contribution in [2.45, 2.75) is 27.0 Å². The number of nitrogens with one attached hydrogen (secondary N) is 2. The van der Waals surface area contributed by atoms with Crippen LogP contribution in [0.2, 0.25) is 5.02 Å². The number of ether oxygens (including phenoxy) is 2. The van der Waals surface area contributed by atoms with Crippen molar-refractivity contribution in [3.05, 3.63) is 62.2 Å². The van der Waals surface area contributed by atoms with E-state index < -0.39 is 4.92 Å². The van der Waals surface area contributed by atoms with Gasteiger partial charge in [0.05, 0.1) is 23.6 Å². The van der Waals surface area contributed by atoms with Gasteiger partial charge in [-0.05, 0) is 31.5 Å². The van der Waals surface area contributed by atoms with Crippen molar-refractivity contribution in [2.24, 2.45) is 0 Å². The van der Waals surface area contributed by atoms with Crippen LogP contribution in [-0.2, 0) is 22.7 Å². The number of carbonyl (C=O) groups excluding carboxylic acids is 1. The predicted molar refractivity (Wildman–Crippen MR) is 108 cm³/mol. The van der Waals surface area contributed by atoms with Gasteiger partial charge in [0, 0.05) is 28.4 Å². The first-order chi connectivity index (χ1) is 13.9. The van der Waals surface area contributed by atoms with E-state index in [0.29, 0.717) is 40.7 Å². The molecule has 1 atom stereocenters. The minimum atomic E-state index is -0.432. The van der Waals surface area contributed by atoms with Crippen LogP contribution >= 0.6 is 11.6 Å². The molecule has 0 aromatic heterocycles. The zero-order valence-electron chi connectivity index (χ0n) is 16.3. The largest absolute Gasteiger partial charge is 0.467 e. The van der Waals surface area contributed by atoms with Gasteiger partial charge in [-0.2, -0.15) is 0 Å². The summed E-state index contributed by atoms with van der Waals surface area (Å²) in [6, 6.07) is 8.31. The lowest BCUT2D eigenvalue weighted by Crippen LogP contribution is -3.11. The molecular formula is C20H23ClN3O5+. The number of aryl methyl sites for hydroxylation is 1. The van der Waals surface area contributed by atoms with Gasteiger partial charge in [-0.25, -0.2) is 0 Å². The van der Waals surface area contributed by atoms with Crippen LogP contribution in [0.5, 0.6) is 5.75 Å². The highest BCUT2D eigenvalue weighted by Crippen LogP contribution is 2.32. The van der Waals surface area contributed by atoms with E-state index in [1.807, 2.05) is 19.9 Å². The Morgan fingerprint density at radius 1 is 1.34 bits per heavy atom. The summed E-state index contributed by atoms with van der Waals surface area (Å²) in [4.78, 5) is 24.4. The van der Waals surface area contributed by atoms with Crippen molar-refractivity contribution in [3.63, 3.8) is 0 Å². The third-order valence-electron chi connectivity index (χ3n) is 4.81. The van der Waals surface area contributed by atoms with Gasteiger partial charge in [-0.3, -0.25) is 14.9 Å². The summed E-state index contributed by atoms with van der Waals surface area (Å²) in [7, 11) is 0. The summed E-state index contributed by atoms with van der Waals surface area (Å²) < 4.78 is 10.8. The van der Waals surface area contributed by atoms with Crippen LogP contribution in [0.3, 0.4) is 0 Å². The topological polar surface area (TPSA) is 95.1 Å². The SMILES string of the molecule is CC[NH+](CC(=O)Nc1cc(Cl)ccc1C)Cc1cc([N+](=O)[O-])cc2c1OCOC2. The van der Waals surface area contributed by atoms with Crippen molar-refractivity contribution in [3.8, 4) is 5.75 Å². The molecular weight excluding hydrogens is 398 g/mol. The number of benzene rings is 2. The number of nitro benzene ring substituents is 1. The van der Waals surface area contributed by atoms with E-state index >= 15 is 0 Å². The van der Waals surface area contributed by atoms with Gasteiger partial charge in [-0.1, -0.05) is 17.7 Å². The molecule has 2 aromatic rings. The molecule has 0 fully saturated rings. The van der Waals surface area contributed by atoms with Crippen LogP contribution in [0.1, 0.15) is 23.6 Å². The second-order valence-electron chi connectivity index (χ2n) is 6.93. The van der Waals surface area contributed by atoms with Crippen LogP contribution in [0, 0.1) is 17.0 Å². The molecule has 3 rings (SSSR count). The number of likely N-dealkylation sites (N-methyl/N-ethyl adjacent to an activating group) is 1. The Kier molecular flexibility index (Phi) is 6.68. The number of anilines is 1. The van der Waals surface area contributed by atoms with E-state index in [1.165, 1.54) is 12.1 Å². The summed E-state index contributed by atoms with van der Waals surface area (Å²) in [5.41, 5.74) is 2.92. The summed E-state index contributed by atoms with van der Waals surface area (Å²) in [6.07, 6.45) is 0. The van der Waals surface area contributed by atoms with Gasteiger partial charge in [0.15, 0.2) is 13.3 Å². The van der Waals surface area contributed by atoms with Crippen molar-refractivity contribution in [2.75, 3.05) is 25.2 Å². The van der Waals surface area contributed by atoms with Crippen LogP contribution in [0.4, 0.5) is 11.4 Å². The standard InChI is InChI=1S/C20H22ClN3O5/c1-3-23(10-19(25)22-18-8-16(21)5-4-13(18)2)9-14-6-17(24(26)27)7-15-11-28-12-29-20(14)15/h4-8H,3,9-12H2,1-2H3,(H,22,25)/p+1. The lowest BCUT2D eigenvalue weighted by Gasteiger charge is -2.23. The average molecular weight is 421 g/mol. The van der Waals surface area contributed by atoms with Crippen molar-refractivity contribution in [1.29, 1.82) is 0 Å². The number of rotatable bonds is 7. The molecule has 0 radical (unpaired) electrons. The van der Waals surface area contributed by atoms with Crippen molar-refractivity contribution >= 4 is 28.9 Å². The highest BCUT2D eigenvalue weighted by molar-refractivity contribution is 6.31. The highest BCUT2D eigenvalue weighted by atomic mass is 35.5. The van der Waals surface area contributed by atoms with Gasteiger partial charge in [0.2, 0.25) is 0 Å². The van der Waals surface area contributed by atoms with Crippen LogP contribution in [0.15, 0.2) is 30.3 Å². The first-order valence-corrected chi connectivity index (χ1v) is 9.65. The highest BCUT2D eigenvalue weighted by Gasteiger charge is 2.24. The van der Waals surface area contributed by atoms with Gasteiger partial charge in [0.25, 0.3) is 11.6 Å². The fraction of sp³-hybridized carbons (Fsp3) is 0.350. The summed E-state index contributed by atoms with van der Waals surface area (Å²) in [5.74, 6) is 0.453. The second kappa shape index (κ2) is 9.21. The molecule has 0 aliphatic carbocycles. The quantitative estimate of drug-likeness (QED) is 0.530. The molecule has 0 spiro atoms. The molecule has 2 aromatic carbocycles. The fourth-order valence-corrected chi connectivity index (χ4v) is 3.42. The Balaban J connectivity index is 1.76. The number of halogens is 1. The lowest BCUT2D eigenvalue weighted by atomic mass is 10.1. The molecule has 29 heavy (non-hydrogen) atoms. The third-order valence-corrected chi connectivity index (χ3v) is 5.04. The summed E-state index contributed by atoms with van der Waals surface area (Å²) in [6.45, 7) is 5.51. The van der Waals surface area contributed by atoms with E-state index in [9.17, 15) is 14.9 Å². The maximum atomic E-state index is 12.6.